The summed E-state index contributed by atoms with van der Waals surface area (Å²) in [6, 6.07) is 1.16. The molecule has 2 rings (SSSR count). The van der Waals surface area contributed by atoms with Gasteiger partial charge in [-0.1, -0.05) is 0 Å². The van der Waals surface area contributed by atoms with Gasteiger partial charge in [0.25, 0.3) is 0 Å². The third-order valence-corrected chi connectivity index (χ3v) is 3.84. The van der Waals surface area contributed by atoms with E-state index in [9.17, 15) is 5.11 Å². The summed E-state index contributed by atoms with van der Waals surface area (Å²) in [6.45, 7) is 2.32. The number of nitrogens with zero attached hydrogens (tertiary/aromatic N) is 2. The van der Waals surface area contributed by atoms with E-state index in [0.717, 1.165) is 13.0 Å². The molecule has 0 amide bonds. The summed E-state index contributed by atoms with van der Waals surface area (Å²) < 4.78 is 0. The molecule has 2 aliphatic rings. The third kappa shape index (κ3) is 1.95. The lowest BCUT2D eigenvalue weighted by atomic mass is 10.2. The Morgan fingerprint density at radius 2 is 2.00 bits per heavy atom. The standard InChI is InChI=1S/C11H22N2O/c1-12(2)9-6-7-13(8-9)10-4-3-5-11(10)14/h9-11,14H,3-8H2,1-2H3. The summed E-state index contributed by atoms with van der Waals surface area (Å²) in [7, 11) is 4.30. The Balaban J connectivity index is 1.88. The van der Waals surface area contributed by atoms with Gasteiger partial charge in [-0.25, -0.2) is 0 Å². The first-order chi connectivity index (χ1) is 6.68. The molecule has 0 bridgehead atoms. The molecule has 0 radical (unpaired) electrons. The van der Waals surface area contributed by atoms with Crippen molar-refractivity contribution in [3.8, 4) is 0 Å². The number of aliphatic hydroxyl groups is 1. The lowest BCUT2D eigenvalue weighted by Gasteiger charge is -2.27. The maximum absolute atomic E-state index is 9.82. The minimum absolute atomic E-state index is 0.0593. The van der Waals surface area contributed by atoms with Crippen LogP contribution in [-0.4, -0.2) is 60.3 Å². The van der Waals surface area contributed by atoms with Gasteiger partial charge in [0.05, 0.1) is 6.10 Å². The Hall–Kier alpha value is -0.120. The van der Waals surface area contributed by atoms with Crippen molar-refractivity contribution in [2.45, 2.75) is 43.9 Å². The van der Waals surface area contributed by atoms with Crippen molar-refractivity contribution < 1.29 is 5.11 Å². The summed E-state index contributed by atoms with van der Waals surface area (Å²) >= 11 is 0. The summed E-state index contributed by atoms with van der Waals surface area (Å²) in [5, 5.41) is 9.82. The van der Waals surface area contributed by atoms with Crippen molar-refractivity contribution in [2.24, 2.45) is 0 Å². The minimum Gasteiger partial charge on any atom is -0.391 e. The second-order valence-corrected chi connectivity index (χ2v) is 4.97. The molecule has 1 N–H and O–H groups in total. The molecule has 3 heteroatoms. The van der Waals surface area contributed by atoms with Crippen LogP contribution >= 0.6 is 0 Å². The summed E-state index contributed by atoms with van der Waals surface area (Å²) in [5.74, 6) is 0. The van der Waals surface area contributed by atoms with Crippen LogP contribution in [-0.2, 0) is 0 Å². The number of rotatable bonds is 2. The van der Waals surface area contributed by atoms with Crippen molar-refractivity contribution in [1.29, 1.82) is 0 Å². The van der Waals surface area contributed by atoms with Crippen molar-refractivity contribution in [3.63, 3.8) is 0 Å². The average molecular weight is 198 g/mol. The summed E-state index contributed by atoms with van der Waals surface area (Å²) in [6.07, 6.45) is 4.61. The molecule has 1 saturated heterocycles. The predicted molar refractivity (Wildman–Crippen MR) is 57.3 cm³/mol. The Kier molecular flexibility index (Phi) is 3.10. The molecule has 0 aromatic rings. The van der Waals surface area contributed by atoms with Gasteiger partial charge in [0.1, 0.15) is 0 Å². The predicted octanol–water partition coefficient (Wildman–Crippen LogP) is 0.536. The lowest BCUT2D eigenvalue weighted by molar-refractivity contribution is 0.0813. The molecule has 14 heavy (non-hydrogen) atoms. The van der Waals surface area contributed by atoms with Gasteiger partial charge in [0.15, 0.2) is 0 Å². The van der Waals surface area contributed by atoms with Crippen LogP contribution in [0.3, 0.4) is 0 Å². The van der Waals surface area contributed by atoms with Crippen molar-refractivity contribution >= 4 is 0 Å². The fraction of sp³-hybridized carbons (Fsp3) is 1.00. The zero-order chi connectivity index (χ0) is 10.1. The fourth-order valence-electron chi connectivity index (χ4n) is 2.84. The van der Waals surface area contributed by atoms with Gasteiger partial charge >= 0.3 is 0 Å². The van der Waals surface area contributed by atoms with E-state index in [1.54, 1.807) is 0 Å². The monoisotopic (exact) mass is 198 g/mol. The number of likely N-dealkylation sites (N-methyl/N-ethyl adjacent to an activating group) is 1. The highest BCUT2D eigenvalue weighted by molar-refractivity contribution is 4.91. The maximum atomic E-state index is 9.82. The number of hydrogen-bond acceptors (Lipinski definition) is 3. The first-order valence-corrected chi connectivity index (χ1v) is 5.77. The lowest BCUT2D eigenvalue weighted by Crippen LogP contribution is -2.41. The molecule has 0 spiro atoms. The number of hydrogen-bond donors (Lipinski definition) is 1. The highest BCUT2D eigenvalue weighted by Crippen LogP contribution is 2.27. The van der Waals surface area contributed by atoms with Gasteiger partial charge in [-0.05, 0) is 39.8 Å². The van der Waals surface area contributed by atoms with E-state index in [0.29, 0.717) is 12.1 Å². The first kappa shape index (κ1) is 10.4. The van der Waals surface area contributed by atoms with Gasteiger partial charge in [0.2, 0.25) is 0 Å². The zero-order valence-electron chi connectivity index (χ0n) is 9.32. The molecule has 1 saturated carbocycles. The molecule has 2 fully saturated rings. The summed E-state index contributed by atoms with van der Waals surface area (Å²) in [5.41, 5.74) is 0. The van der Waals surface area contributed by atoms with E-state index in [4.69, 9.17) is 0 Å². The van der Waals surface area contributed by atoms with E-state index in [1.165, 1.54) is 25.8 Å². The topological polar surface area (TPSA) is 26.7 Å². The molecular weight excluding hydrogens is 176 g/mol. The average Bonchev–Trinajstić information content (AvgIpc) is 2.71. The van der Waals surface area contributed by atoms with E-state index in [1.807, 2.05) is 0 Å². The van der Waals surface area contributed by atoms with E-state index < -0.39 is 0 Å². The van der Waals surface area contributed by atoms with Crippen LogP contribution in [0.2, 0.25) is 0 Å². The largest absolute Gasteiger partial charge is 0.391 e. The van der Waals surface area contributed by atoms with Crippen LogP contribution in [0.15, 0.2) is 0 Å². The second-order valence-electron chi connectivity index (χ2n) is 4.97. The SMILES string of the molecule is CN(C)C1CCN(C2CCCC2O)C1. The van der Waals surface area contributed by atoms with Gasteiger partial charge in [-0.3, -0.25) is 4.90 Å². The van der Waals surface area contributed by atoms with Crippen molar-refractivity contribution in [3.05, 3.63) is 0 Å². The Morgan fingerprint density at radius 3 is 2.50 bits per heavy atom. The molecule has 1 aliphatic carbocycles. The smallest absolute Gasteiger partial charge is 0.0695 e. The Morgan fingerprint density at radius 1 is 1.21 bits per heavy atom. The van der Waals surface area contributed by atoms with Crippen LogP contribution in [0, 0.1) is 0 Å². The number of aliphatic hydroxyl groups excluding tert-OH is 1. The molecule has 3 nitrogen and oxygen atoms in total. The maximum Gasteiger partial charge on any atom is 0.0695 e. The Bertz CT molecular complexity index is 196. The quantitative estimate of drug-likeness (QED) is 0.701. The van der Waals surface area contributed by atoms with Gasteiger partial charge in [-0.15, -0.1) is 0 Å². The summed E-state index contributed by atoms with van der Waals surface area (Å²) in [4.78, 5) is 4.80. The molecule has 0 aromatic carbocycles. The molecule has 1 aliphatic heterocycles. The zero-order valence-corrected chi connectivity index (χ0v) is 9.32. The molecule has 3 unspecified atom stereocenters. The normalized spacial score (nSPS) is 39.9. The minimum atomic E-state index is -0.0593. The number of likely N-dealkylation sites (tertiary alicyclic amines) is 1. The molecule has 1 heterocycles. The van der Waals surface area contributed by atoms with E-state index in [2.05, 4.69) is 23.9 Å². The molecule has 0 aromatic heterocycles. The first-order valence-electron chi connectivity index (χ1n) is 5.77. The second kappa shape index (κ2) is 4.17. The van der Waals surface area contributed by atoms with E-state index >= 15 is 0 Å². The van der Waals surface area contributed by atoms with Crippen LogP contribution in [0.1, 0.15) is 25.7 Å². The van der Waals surface area contributed by atoms with Crippen LogP contribution in [0.4, 0.5) is 0 Å². The van der Waals surface area contributed by atoms with Gasteiger partial charge in [0, 0.05) is 25.2 Å². The van der Waals surface area contributed by atoms with Crippen LogP contribution in [0.5, 0.6) is 0 Å². The molecule has 3 atom stereocenters. The van der Waals surface area contributed by atoms with Crippen LogP contribution in [0.25, 0.3) is 0 Å². The molecule has 82 valence electrons. The highest BCUT2D eigenvalue weighted by Gasteiger charge is 2.35. The Labute approximate surface area is 86.7 Å². The molecular formula is C11H22N2O. The van der Waals surface area contributed by atoms with E-state index in [-0.39, 0.29) is 6.10 Å². The highest BCUT2D eigenvalue weighted by atomic mass is 16.3. The van der Waals surface area contributed by atoms with Crippen LogP contribution < -0.4 is 0 Å². The fourth-order valence-corrected chi connectivity index (χ4v) is 2.84. The van der Waals surface area contributed by atoms with Gasteiger partial charge in [-0.2, -0.15) is 0 Å². The van der Waals surface area contributed by atoms with Crippen molar-refractivity contribution in [2.75, 3.05) is 27.2 Å². The van der Waals surface area contributed by atoms with Crippen molar-refractivity contribution in [1.82, 2.24) is 9.80 Å². The third-order valence-electron chi connectivity index (χ3n) is 3.84. The van der Waals surface area contributed by atoms with Gasteiger partial charge < -0.3 is 10.0 Å².